The molecule has 22 heavy (non-hydrogen) atoms. The highest BCUT2D eigenvalue weighted by molar-refractivity contribution is 6.32. The van der Waals surface area contributed by atoms with Crippen molar-refractivity contribution in [3.8, 4) is 28.3 Å². The zero-order chi connectivity index (χ0) is 15.7. The van der Waals surface area contributed by atoms with Crippen LogP contribution in [0.15, 0.2) is 42.5 Å². The summed E-state index contributed by atoms with van der Waals surface area (Å²) in [6, 6.07) is 10.5. The normalized spacial score (nSPS) is 10.6. The number of benzene rings is 2. The van der Waals surface area contributed by atoms with Crippen LogP contribution < -0.4 is 5.73 Å². The Morgan fingerprint density at radius 3 is 2.50 bits per heavy atom. The van der Waals surface area contributed by atoms with Gasteiger partial charge >= 0.3 is 0 Å². The fraction of sp³-hybridized carbons (Fsp3) is 0. The highest BCUT2D eigenvalue weighted by atomic mass is 35.5. The minimum Gasteiger partial charge on any atom is -0.506 e. The number of phenols is 1. The molecule has 1 heterocycles. The molecule has 7 heteroatoms. The Morgan fingerprint density at radius 2 is 1.77 bits per heavy atom. The van der Waals surface area contributed by atoms with Crippen LogP contribution >= 0.6 is 11.6 Å². The lowest BCUT2D eigenvalue weighted by molar-refractivity contribution is 0.476. The van der Waals surface area contributed by atoms with E-state index < -0.39 is 5.82 Å². The molecule has 0 atom stereocenters. The molecule has 0 radical (unpaired) electrons. The van der Waals surface area contributed by atoms with Crippen molar-refractivity contribution in [2.75, 3.05) is 5.73 Å². The molecule has 0 unspecified atom stereocenters. The summed E-state index contributed by atoms with van der Waals surface area (Å²) >= 11 is 5.80. The Balaban J connectivity index is 2.22. The SMILES string of the molecule is Nc1nnc(-c2ccc(Cl)c(O)c2)c(-c2cccc(F)c2)n1. The summed E-state index contributed by atoms with van der Waals surface area (Å²) in [5.41, 5.74) is 7.37. The molecular formula is C15H10ClFN4O. The van der Waals surface area contributed by atoms with Crippen LogP contribution in [-0.2, 0) is 0 Å². The van der Waals surface area contributed by atoms with E-state index in [-0.39, 0.29) is 16.7 Å². The van der Waals surface area contributed by atoms with Crippen LogP contribution in [0.1, 0.15) is 0 Å². The number of aromatic nitrogens is 3. The average Bonchev–Trinajstić information content (AvgIpc) is 2.50. The molecule has 110 valence electrons. The minimum atomic E-state index is -0.403. The summed E-state index contributed by atoms with van der Waals surface area (Å²) in [6.07, 6.45) is 0. The zero-order valence-electron chi connectivity index (χ0n) is 11.2. The molecule has 5 nitrogen and oxygen atoms in total. The standard InChI is InChI=1S/C15H10ClFN4O/c16-11-5-4-9(7-12(11)22)14-13(19-15(18)21-20-14)8-2-1-3-10(17)6-8/h1-7,22H,(H2,18,19,21). The Kier molecular flexibility index (Phi) is 3.60. The van der Waals surface area contributed by atoms with Crippen molar-refractivity contribution < 1.29 is 9.50 Å². The largest absolute Gasteiger partial charge is 0.506 e. The molecule has 0 spiro atoms. The van der Waals surface area contributed by atoms with Crippen molar-refractivity contribution in [1.29, 1.82) is 0 Å². The predicted octanol–water partition coefficient (Wildman–Crippen LogP) is 3.29. The van der Waals surface area contributed by atoms with Gasteiger partial charge in [0.15, 0.2) is 0 Å². The smallest absolute Gasteiger partial charge is 0.240 e. The van der Waals surface area contributed by atoms with E-state index in [1.54, 1.807) is 18.2 Å². The summed E-state index contributed by atoms with van der Waals surface area (Å²) in [5.74, 6) is -0.524. The van der Waals surface area contributed by atoms with Crippen LogP contribution in [0, 0.1) is 5.82 Å². The van der Waals surface area contributed by atoms with Gasteiger partial charge in [-0.3, -0.25) is 0 Å². The maximum atomic E-state index is 13.5. The highest BCUT2D eigenvalue weighted by Gasteiger charge is 2.14. The summed E-state index contributed by atoms with van der Waals surface area (Å²) in [4.78, 5) is 4.14. The maximum Gasteiger partial charge on any atom is 0.240 e. The van der Waals surface area contributed by atoms with Gasteiger partial charge in [0.1, 0.15) is 23.0 Å². The summed E-state index contributed by atoms with van der Waals surface area (Å²) in [6.45, 7) is 0. The van der Waals surface area contributed by atoms with Gasteiger partial charge in [0.25, 0.3) is 0 Å². The third kappa shape index (κ3) is 2.68. The second-order valence-electron chi connectivity index (χ2n) is 4.54. The van der Waals surface area contributed by atoms with Crippen LogP contribution in [0.3, 0.4) is 0 Å². The molecule has 0 bridgehead atoms. The lowest BCUT2D eigenvalue weighted by Crippen LogP contribution is -2.02. The van der Waals surface area contributed by atoms with Crippen LogP contribution in [0.5, 0.6) is 5.75 Å². The van der Waals surface area contributed by atoms with Gasteiger partial charge in [-0.15, -0.1) is 10.2 Å². The Bertz CT molecular complexity index is 857. The van der Waals surface area contributed by atoms with Crippen molar-refractivity contribution >= 4 is 17.5 Å². The van der Waals surface area contributed by atoms with Crippen LogP contribution in [0.2, 0.25) is 5.02 Å². The van der Waals surface area contributed by atoms with E-state index in [1.807, 2.05) is 0 Å². The molecule has 0 saturated carbocycles. The van der Waals surface area contributed by atoms with Crippen LogP contribution in [0.25, 0.3) is 22.5 Å². The first-order chi connectivity index (χ1) is 10.5. The number of halogens is 2. The highest BCUT2D eigenvalue weighted by Crippen LogP contribution is 2.33. The van der Waals surface area contributed by atoms with Crippen molar-refractivity contribution in [1.82, 2.24) is 15.2 Å². The van der Waals surface area contributed by atoms with E-state index in [2.05, 4.69) is 15.2 Å². The van der Waals surface area contributed by atoms with Crippen molar-refractivity contribution in [3.05, 3.63) is 53.3 Å². The van der Waals surface area contributed by atoms with E-state index >= 15 is 0 Å². The zero-order valence-corrected chi connectivity index (χ0v) is 11.9. The summed E-state index contributed by atoms with van der Waals surface area (Å²) in [5, 5.41) is 17.7. The number of hydrogen-bond acceptors (Lipinski definition) is 5. The lowest BCUT2D eigenvalue weighted by atomic mass is 10.0. The second kappa shape index (κ2) is 5.57. The van der Waals surface area contributed by atoms with Gasteiger partial charge in [-0.05, 0) is 24.3 Å². The molecule has 0 fully saturated rings. The molecular weight excluding hydrogens is 307 g/mol. The number of phenolic OH excluding ortho intramolecular Hbond substituents is 1. The molecule has 0 aliphatic carbocycles. The molecule has 2 aromatic carbocycles. The van der Waals surface area contributed by atoms with Gasteiger partial charge < -0.3 is 10.8 Å². The number of nitrogen functional groups attached to an aromatic ring is 1. The fourth-order valence-corrected chi connectivity index (χ4v) is 2.15. The molecule has 0 aliphatic rings. The average molecular weight is 317 g/mol. The molecule has 0 saturated heterocycles. The summed E-state index contributed by atoms with van der Waals surface area (Å²) < 4.78 is 13.5. The summed E-state index contributed by atoms with van der Waals surface area (Å²) in [7, 11) is 0. The molecule has 3 aromatic rings. The van der Waals surface area contributed by atoms with Gasteiger partial charge in [0.2, 0.25) is 5.95 Å². The molecule has 3 rings (SSSR count). The Labute approximate surface area is 130 Å². The first kappa shape index (κ1) is 14.2. The molecule has 3 N–H and O–H groups in total. The Hall–Kier alpha value is -2.73. The first-order valence-corrected chi connectivity index (χ1v) is 6.67. The predicted molar refractivity (Wildman–Crippen MR) is 81.7 cm³/mol. The van der Waals surface area contributed by atoms with Crippen LogP contribution in [-0.4, -0.2) is 20.3 Å². The van der Waals surface area contributed by atoms with Crippen molar-refractivity contribution in [2.45, 2.75) is 0 Å². The van der Waals surface area contributed by atoms with Gasteiger partial charge in [-0.2, -0.15) is 0 Å². The van der Waals surface area contributed by atoms with Gasteiger partial charge in [-0.1, -0.05) is 29.8 Å². The quantitative estimate of drug-likeness (QED) is 0.757. The van der Waals surface area contributed by atoms with E-state index in [9.17, 15) is 9.50 Å². The number of nitrogens with two attached hydrogens (primary N) is 1. The second-order valence-corrected chi connectivity index (χ2v) is 4.95. The van der Waals surface area contributed by atoms with Gasteiger partial charge in [-0.25, -0.2) is 9.37 Å². The third-order valence-corrected chi connectivity index (χ3v) is 3.34. The van der Waals surface area contributed by atoms with Gasteiger partial charge in [0, 0.05) is 11.1 Å². The van der Waals surface area contributed by atoms with Crippen molar-refractivity contribution in [2.24, 2.45) is 0 Å². The third-order valence-electron chi connectivity index (χ3n) is 3.02. The topological polar surface area (TPSA) is 84.9 Å². The minimum absolute atomic E-state index is 0.0267. The van der Waals surface area contributed by atoms with E-state index in [4.69, 9.17) is 17.3 Å². The van der Waals surface area contributed by atoms with E-state index in [1.165, 1.54) is 24.3 Å². The molecule has 0 aliphatic heterocycles. The van der Waals surface area contributed by atoms with Crippen molar-refractivity contribution in [3.63, 3.8) is 0 Å². The maximum absolute atomic E-state index is 13.5. The number of nitrogens with zero attached hydrogens (tertiary/aromatic N) is 3. The van der Waals surface area contributed by atoms with E-state index in [0.717, 1.165) is 0 Å². The van der Waals surface area contributed by atoms with E-state index in [0.29, 0.717) is 22.5 Å². The molecule has 1 aromatic heterocycles. The number of hydrogen-bond donors (Lipinski definition) is 2. The molecule has 0 amide bonds. The Morgan fingerprint density at radius 1 is 1.00 bits per heavy atom. The number of rotatable bonds is 2. The number of anilines is 1. The number of aromatic hydroxyl groups is 1. The van der Waals surface area contributed by atoms with Gasteiger partial charge in [0.05, 0.1) is 5.02 Å². The van der Waals surface area contributed by atoms with Crippen LogP contribution in [0.4, 0.5) is 10.3 Å². The fourth-order valence-electron chi connectivity index (χ4n) is 2.03. The first-order valence-electron chi connectivity index (χ1n) is 6.29. The lowest BCUT2D eigenvalue weighted by Gasteiger charge is -2.09. The monoisotopic (exact) mass is 316 g/mol.